The van der Waals surface area contributed by atoms with Crippen molar-refractivity contribution >= 4 is 25.0 Å². The molecule has 3 rings (SSSR count). The molecule has 3 heteroatoms. The second-order valence-electron chi connectivity index (χ2n) is 8.13. The van der Waals surface area contributed by atoms with Crippen LogP contribution in [0.1, 0.15) is 33.6 Å². The van der Waals surface area contributed by atoms with Gasteiger partial charge in [-0.15, -0.1) is 0 Å². The number of hydrogen-bond acceptors (Lipinski definition) is 2. The van der Waals surface area contributed by atoms with E-state index in [1.54, 1.807) is 0 Å². The number of carbonyl (C=O) groups is 1. The highest BCUT2D eigenvalue weighted by Crippen LogP contribution is 2.43. The molecule has 0 N–H and O–H groups in total. The summed E-state index contributed by atoms with van der Waals surface area (Å²) in [6.07, 6.45) is 2.85. The number of hydrogen-bond donors (Lipinski definition) is 0. The van der Waals surface area contributed by atoms with E-state index < -0.39 is 8.32 Å². The maximum absolute atomic E-state index is 10.8. The Morgan fingerprint density at radius 2 is 1.48 bits per heavy atom. The van der Waals surface area contributed by atoms with E-state index in [-0.39, 0.29) is 5.04 Å². The van der Waals surface area contributed by atoms with Crippen LogP contribution in [0.4, 0.5) is 0 Å². The third-order valence-corrected chi connectivity index (χ3v) is 10.4. The normalized spacial score (nSPS) is 20.3. The second-order valence-corrected chi connectivity index (χ2v) is 12.4. The molecule has 0 spiro atoms. The number of benzene rings is 2. The Bertz CT molecular complexity index is 651. The van der Waals surface area contributed by atoms with Gasteiger partial charge in [0.2, 0.25) is 0 Å². The van der Waals surface area contributed by atoms with Gasteiger partial charge in [0.05, 0.1) is 0 Å². The van der Waals surface area contributed by atoms with Gasteiger partial charge in [-0.3, -0.25) is 0 Å². The summed E-state index contributed by atoms with van der Waals surface area (Å²) in [5.41, 5.74) is 0. The summed E-state index contributed by atoms with van der Waals surface area (Å²) in [5, 5.41) is 2.66. The Morgan fingerprint density at radius 1 is 0.960 bits per heavy atom. The van der Waals surface area contributed by atoms with Gasteiger partial charge in [-0.1, -0.05) is 81.4 Å². The molecular formula is C22H28O2Si. The van der Waals surface area contributed by atoms with Gasteiger partial charge in [-0.05, 0) is 33.7 Å². The zero-order chi connectivity index (χ0) is 17.9. The Balaban J connectivity index is 1.99. The molecule has 0 unspecified atom stereocenters. The van der Waals surface area contributed by atoms with Crippen LogP contribution in [0.5, 0.6) is 0 Å². The first-order valence-corrected chi connectivity index (χ1v) is 11.1. The fraction of sp³-hybridized carbons (Fsp3) is 0.409. The van der Waals surface area contributed by atoms with Crippen molar-refractivity contribution in [2.24, 2.45) is 11.8 Å². The van der Waals surface area contributed by atoms with Gasteiger partial charge in [0.15, 0.2) is 0 Å². The van der Waals surface area contributed by atoms with Crippen molar-refractivity contribution in [2.45, 2.75) is 38.7 Å². The van der Waals surface area contributed by atoms with Crippen LogP contribution in [0.15, 0.2) is 60.7 Å². The third-order valence-electron chi connectivity index (χ3n) is 5.40. The Kier molecular flexibility index (Phi) is 5.26. The van der Waals surface area contributed by atoms with E-state index >= 15 is 0 Å². The molecule has 1 saturated carbocycles. The topological polar surface area (TPSA) is 26.3 Å². The molecule has 25 heavy (non-hydrogen) atoms. The van der Waals surface area contributed by atoms with Gasteiger partial charge in [0.25, 0.3) is 8.32 Å². The average molecular weight is 353 g/mol. The monoisotopic (exact) mass is 352 g/mol. The lowest BCUT2D eigenvalue weighted by atomic mass is 10.2. The minimum absolute atomic E-state index is 0.0186. The highest BCUT2D eigenvalue weighted by molar-refractivity contribution is 6.99. The van der Waals surface area contributed by atoms with Crippen LogP contribution in [-0.2, 0) is 9.22 Å². The minimum atomic E-state index is -2.41. The van der Waals surface area contributed by atoms with Crippen molar-refractivity contribution in [2.75, 3.05) is 6.61 Å². The molecular weight excluding hydrogens is 324 g/mol. The largest absolute Gasteiger partial charge is 0.407 e. The van der Waals surface area contributed by atoms with Gasteiger partial charge in [-0.25, -0.2) is 0 Å². The van der Waals surface area contributed by atoms with Crippen molar-refractivity contribution in [3.63, 3.8) is 0 Å². The highest BCUT2D eigenvalue weighted by Gasteiger charge is 2.51. The smallest absolute Gasteiger partial charge is 0.261 e. The zero-order valence-electron chi connectivity index (χ0n) is 15.4. The first-order valence-electron chi connectivity index (χ1n) is 9.17. The predicted octanol–water partition coefficient (Wildman–Crippen LogP) is 3.79. The molecule has 0 aliphatic heterocycles. The summed E-state index contributed by atoms with van der Waals surface area (Å²) in [6, 6.07) is 21.5. The predicted molar refractivity (Wildman–Crippen MR) is 106 cm³/mol. The van der Waals surface area contributed by atoms with Crippen LogP contribution in [-0.4, -0.2) is 21.2 Å². The summed E-state index contributed by atoms with van der Waals surface area (Å²) < 4.78 is 6.89. The molecule has 1 aliphatic carbocycles. The first kappa shape index (κ1) is 18.1. The standard InChI is InChI=1S/C22H28O2Si/c1-22(2,3)25(20-10-6-4-7-11-20,21-12-8-5-9-13-21)24-17-19-16-18(19)14-15-23/h4-13,15,18-19H,14,16-17H2,1-3H3/t18-,19-/m0/s1. The van der Waals surface area contributed by atoms with Crippen molar-refractivity contribution in [3.05, 3.63) is 60.7 Å². The van der Waals surface area contributed by atoms with Gasteiger partial charge >= 0.3 is 0 Å². The Labute approximate surface area is 152 Å². The average Bonchev–Trinajstić information content (AvgIpc) is 3.35. The number of rotatable bonds is 7. The van der Waals surface area contributed by atoms with Crippen molar-refractivity contribution in [1.29, 1.82) is 0 Å². The highest BCUT2D eigenvalue weighted by atomic mass is 28.4. The van der Waals surface area contributed by atoms with Crippen LogP contribution in [0.3, 0.4) is 0 Å². The Morgan fingerprint density at radius 3 is 1.92 bits per heavy atom. The molecule has 0 radical (unpaired) electrons. The van der Waals surface area contributed by atoms with Gasteiger partial charge in [0.1, 0.15) is 6.29 Å². The van der Waals surface area contributed by atoms with Gasteiger partial charge < -0.3 is 9.22 Å². The molecule has 0 amide bonds. The number of aldehydes is 1. The Hall–Kier alpha value is -1.71. The van der Waals surface area contributed by atoms with Gasteiger partial charge in [-0.2, -0.15) is 0 Å². The van der Waals surface area contributed by atoms with E-state index in [2.05, 4.69) is 81.4 Å². The van der Waals surface area contributed by atoms with E-state index in [9.17, 15) is 4.79 Å². The maximum Gasteiger partial charge on any atom is 0.261 e. The summed E-state index contributed by atoms with van der Waals surface area (Å²) in [5.74, 6) is 1.06. The van der Waals surface area contributed by atoms with E-state index in [1.807, 2.05) is 0 Å². The summed E-state index contributed by atoms with van der Waals surface area (Å²) in [7, 11) is -2.41. The zero-order valence-corrected chi connectivity index (χ0v) is 16.4. The van der Waals surface area contributed by atoms with E-state index in [0.29, 0.717) is 18.3 Å². The molecule has 0 saturated heterocycles. The number of carbonyl (C=O) groups excluding carboxylic acids is 1. The molecule has 1 aliphatic rings. The molecule has 0 aromatic heterocycles. The summed E-state index contributed by atoms with van der Waals surface area (Å²) in [4.78, 5) is 10.8. The van der Waals surface area contributed by atoms with Crippen molar-refractivity contribution < 1.29 is 9.22 Å². The SMILES string of the molecule is CC(C)(C)[Si](OC[C@@H]1C[C@@H]1CC=O)(c1ccccc1)c1ccccc1. The molecule has 0 heterocycles. The lowest BCUT2D eigenvalue weighted by molar-refractivity contribution is -0.108. The van der Waals surface area contributed by atoms with Gasteiger partial charge in [0, 0.05) is 13.0 Å². The first-order chi connectivity index (χ1) is 12.0. The molecule has 2 nitrogen and oxygen atoms in total. The lowest BCUT2D eigenvalue weighted by Crippen LogP contribution is -2.66. The van der Waals surface area contributed by atoms with Crippen molar-refractivity contribution in [1.82, 2.24) is 0 Å². The van der Waals surface area contributed by atoms with Crippen LogP contribution in [0.25, 0.3) is 0 Å². The molecule has 1 fully saturated rings. The van der Waals surface area contributed by atoms with Crippen LogP contribution in [0.2, 0.25) is 5.04 Å². The van der Waals surface area contributed by atoms with Crippen LogP contribution >= 0.6 is 0 Å². The fourth-order valence-corrected chi connectivity index (χ4v) is 8.54. The lowest BCUT2D eigenvalue weighted by Gasteiger charge is -2.43. The van der Waals surface area contributed by atoms with Crippen molar-refractivity contribution in [3.8, 4) is 0 Å². The quantitative estimate of drug-likeness (QED) is 0.560. The second kappa shape index (κ2) is 7.26. The molecule has 2 atom stereocenters. The maximum atomic E-state index is 10.8. The summed E-state index contributed by atoms with van der Waals surface area (Å²) >= 11 is 0. The van der Waals surface area contributed by atoms with Crippen LogP contribution in [0, 0.1) is 11.8 Å². The third kappa shape index (κ3) is 3.63. The summed E-state index contributed by atoms with van der Waals surface area (Å²) in [6.45, 7) is 7.66. The fourth-order valence-electron chi connectivity index (χ4n) is 3.92. The van der Waals surface area contributed by atoms with E-state index in [0.717, 1.165) is 19.3 Å². The van der Waals surface area contributed by atoms with E-state index in [4.69, 9.17) is 4.43 Å². The molecule has 132 valence electrons. The van der Waals surface area contributed by atoms with E-state index in [1.165, 1.54) is 10.4 Å². The molecule has 2 aromatic rings. The molecule has 0 bridgehead atoms. The molecule has 2 aromatic carbocycles. The van der Waals surface area contributed by atoms with Crippen LogP contribution < -0.4 is 10.4 Å². The minimum Gasteiger partial charge on any atom is -0.407 e.